The summed E-state index contributed by atoms with van der Waals surface area (Å²) in [6, 6.07) is -0.223. The minimum absolute atomic E-state index is 0.223. The van der Waals surface area contributed by atoms with Crippen LogP contribution in [-0.4, -0.2) is 41.8 Å². The van der Waals surface area contributed by atoms with Crippen molar-refractivity contribution in [2.24, 2.45) is 0 Å². The minimum atomic E-state index is -0.551. The van der Waals surface area contributed by atoms with E-state index in [1.54, 1.807) is 0 Å². The number of nitrogens with zero attached hydrogens (tertiary/aromatic N) is 2. The number of likely N-dealkylation sites (N-methyl/N-ethyl adjacent to an activating group) is 1. The number of rotatable bonds is 3. The summed E-state index contributed by atoms with van der Waals surface area (Å²) in [5.41, 5.74) is 0. The normalized spacial score (nSPS) is 24.2. The molecule has 74 valence electrons. The molecule has 1 aliphatic rings. The Kier molecular flexibility index (Phi) is 3.36. The monoisotopic (exact) mass is 186 g/mol. The predicted octanol–water partition coefficient (Wildman–Crippen LogP) is 0.317. The van der Waals surface area contributed by atoms with Crippen molar-refractivity contribution in [1.29, 1.82) is 0 Å². The number of hydrogen-bond acceptors (Lipinski definition) is 4. The van der Waals surface area contributed by atoms with Crippen molar-refractivity contribution in [1.82, 2.24) is 4.90 Å². The second-order valence-electron chi connectivity index (χ2n) is 3.45. The molecule has 1 rings (SSSR count). The van der Waals surface area contributed by atoms with Crippen molar-refractivity contribution in [2.45, 2.75) is 25.3 Å². The fourth-order valence-electron chi connectivity index (χ4n) is 1.71. The lowest BCUT2D eigenvalue weighted by Gasteiger charge is -2.30. The van der Waals surface area contributed by atoms with Gasteiger partial charge in [-0.2, -0.15) is 0 Å². The average molecular weight is 186 g/mol. The highest BCUT2D eigenvalue weighted by Crippen LogP contribution is 2.15. The molecule has 13 heavy (non-hydrogen) atoms. The third-order valence-electron chi connectivity index (χ3n) is 2.43. The van der Waals surface area contributed by atoms with Crippen LogP contribution in [0, 0.1) is 10.1 Å². The van der Waals surface area contributed by atoms with E-state index in [4.69, 9.17) is 0 Å². The second-order valence-corrected chi connectivity index (χ2v) is 3.45. The lowest BCUT2D eigenvalue weighted by Crippen LogP contribution is -2.44. The van der Waals surface area contributed by atoms with Gasteiger partial charge in [0.05, 0.1) is 6.04 Å². The van der Waals surface area contributed by atoms with Crippen molar-refractivity contribution >= 4 is 5.78 Å². The van der Waals surface area contributed by atoms with Crippen LogP contribution in [0.2, 0.25) is 0 Å². The number of carbonyl (C=O) groups is 1. The Bertz CT molecular complexity index is 217. The zero-order chi connectivity index (χ0) is 9.84. The van der Waals surface area contributed by atoms with Gasteiger partial charge in [-0.15, -0.1) is 0 Å². The Hall–Kier alpha value is -0.970. The lowest BCUT2D eigenvalue weighted by molar-refractivity contribution is -0.467. The molecule has 1 saturated heterocycles. The molecule has 5 heteroatoms. The molecule has 0 aromatic rings. The van der Waals surface area contributed by atoms with E-state index in [9.17, 15) is 14.9 Å². The van der Waals surface area contributed by atoms with Crippen LogP contribution in [0.15, 0.2) is 0 Å². The number of hydrogen-bond donors (Lipinski definition) is 0. The molecule has 0 saturated carbocycles. The maximum absolute atomic E-state index is 11.3. The molecule has 1 aliphatic heterocycles. The number of likely N-dealkylation sites (tertiary alicyclic amines) is 1. The molecule has 0 amide bonds. The first-order valence-corrected chi connectivity index (χ1v) is 4.46. The SMILES string of the molecule is CN1CCCC[C@H]1C(=O)C[N+](=O)[O-]. The van der Waals surface area contributed by atoms with Gasteiger partial charge in [-0.05, 0) is 26.4 Å². The molecule has 1 atom stereocenters. The van der Waals surface area contributed by atoms with Gasteiger partial charge in [-0.25, -0.2) is 0 Å². The highest BCUT2D eigenvalue weighted by molar-refractivity contribution is 5.85. The molecule has 0 radical (unpaired) electrons. The van der Waals surface area contributed by atoms with E-state index in [0.717, 1.165) is 25.8 Å². The molecule has 1 fully saturated rings. The van der Waals surface area contributed by atoms with Crippen LogP contribution in [-0.2, 0) is 4.79 Å². The Morgan fingerprint density at radius 3 is 2.85 bits per heavy atom. The molecule has 5 nitrogen and oxygen atoms in total. The first kappa shape index (κ1) is 10.1. The fraction of sp³-hybridized carbons (Fsp3) is 0.875. The van der Waals surface area contributed by atoms with Gasteiger partial charge in [-0.1, -0.05) is 6.42 Å². The third kappa shape index (κ3) is 2.77. The van der Waals surface area contributed by atoms with Crippen LogP contribution in [0.3, 0.4) is 0 Å². The zero-order valence-electron chi connectivity index (χ0n) is 7.73. The number of piperidine rings is 1. The molecule has 0 aliphatic carbocycles. The molecule has 0 aromatic heterocycles. The van der Waals surface area contributed by atoms with Crippen molar-refractivity contribution < 1.29 is 9.72 Å². The van der Waals surface area contributed by atoms with E-state index in [0.29, 0.717) is 0 Å². The van der Waals surface area contributed by atoms with Crippen molar-refractivity contribution in [3.05, 3.63) is 10.1 Å². The summed E-state index contributed by atoms with van der Waals surface area (Å²) in [6.07, 6.45) is 2.85. The number of carbonyl (C=O) groups excluding carboxylic acids is 1. The van der Waals surface area contributed by atoms with Gasteiger partial charge in [0, 0.05) is 4.92 Å². The maximum Gasteiger partial charge on any atom is 0.262 e. The maximum atomic E-state index is 11.3. The van der Waals surface area contributed by atoms with E-state index < -0.39 is 11.5 Å². The van der Waals surface area contributed by atoms with Gasteiger partial charge in [0.2, 0.25) is 5.78 Å². The van der Waals surface area contributed by atoms with Crippen LogP contribution < -0.4 is 0 Å². The van der Waals surface area contributed by atoms with E-state index in [1.165, 1.54) is 0 Å². The summed E-state index contributed by atoms with van der Waals surface area (Å²) >= 11 is 0. The lowest BCUT2D eigenvalue weighted by atomic mass is 9.99. The van der Waals surface area contributed by atoms with Crippen LogP contribution >= 0.6 is 0 Å². The van der Waals surface area contributed by atoms with Crippen LogP contribution in [0.5, 0.6) is 0 Å². The van der Waals surface area contributed by atoms with Gasteiger partial charge in [0.25, 0.3) is 6.54 Å². The summed E-state index contributed by atoms with van der Waals surface area (Å²) < 4.78 is 0. The number of nitro groups is 1. The largest absolute Gasteiger partial charge is 0.296 e. The molecule has 0 N–H and O–H groups in total. The molecular weight excluding hydrogens is 172 g/mol. The Morgan fingerprint density at radius 2 is 2.31 bits per heavy atom. The molecule has 1 heterocycles. The molecule has 0 unspecified atom stereocenters. The second kappa shape index (κ2) is 4.32. The van der Waals surface area contributed by atoms with E-state index >= 15 is 0 Å². The summed E-state index contributed by atoms with van der Waals surface area (Å²) in [7, 11) is 1.85. The topological polar surface area (TPSA) is 63.5 Å². The quantitative estimate of drug-likeness (QED) is 0.470. The Morgan fingerprint density at radius 1 is 1.62 bits per heavy atom. The smallest absolute Gasteiger partial charge is 0.262 e. The molecule has 0 aromatic carbocycles. The van der Waals surface area contributed by atoms with Crippen molar-refractivity contribution in [3.63, 3.8) is 0 Å². The number of ketones is 1. The Labute approximate surface area is 76.9 Å². The molecular formula is C8H14N2O3. The van der Waals surface area contributed by atoms with Gasteiger partial charge in [0.15, 0.2) is 0 Å². The van der Waals surface area contributed by atoms with Crippen molar-refractivity contribution in [3.8, 4) is 0 Å². The summed E-state index contributed by atoms with van der Waals surface area (Å²) in [6.45, 7) is 0.336. The highest BCUT2D eigenvalue weighted by atomic mass is 16.6. The van der Waals surface area contributed by atoms with Gasteiger partial charge < -0.3 is 0 Å². The van der Waals surface area contributed by atoms with Crippen LogP contribution in [0.4, 0.5) is 0 Å². The first-order valence-electron chi connectivity index (χ1n) is 4.46. The van der Waals surface area contributed by atoms with Crippen LogP contribution in [0.1, 0.15) is 19.3 Å². The van der Waals surface area contributed by atoms with Gasteiger partial charge in [-0.3, -0.25) is 19.8 Å². The van der Waals surface area contributed by atoms with E-state index in [1.807, 2.05) is 11.9 Å². The van der Waals surface area contributed by atoms with Gasteiger partial charge in [0.1, 0.15) is 0 Å². The molecule has 0 spiro atoms. The molecule has 0 bridgehead atoms. The third-order valence-corrected chi connectivity index (χ3v) is 2.43. The van der Waals surface area contributed by atoms with Crippen molar-refractivity contribution in [2.75, 3.05) is 20.1 Å². The zero-order valence-corrected chi connectivity index (χ0v) is 7.73. The number of Topliss-reactive ketones (excluding diaryl/α,β-unsaturated/α-hetero) is 1. The fourth-order valence-corrected chi connectivity index (χ4v) is 1.71. The predicted molar refractivity (Wildman–Crippen MR) is 47.1 cm³/mol. The van der Waals surface area contributed by atoms with Crippen LogP contribution in [0.25, 0.3) is 0 Å². The first-order chi connectivity index (χ1) is 6.11. The van der Waals surface area contributed by atoms with E-state index in [2.05, 4.69) is 0 Å². The summed E-state index contributed by atoms with van der Waals surface area (Å²) in [5, 5.41) is 10.1. The minimum Gasteiger partial charge on any atom is -0.296 e. The van der Waals surface area contributed by atoms with E-state index in [-0.39, 0.29) is 11.8 Å². The summed E-state index contributed by atoms with van der Waals surface area (Å²) in [5.74, 6) is -0.257. The summed E-state index contributed by atoms with van der Waals surface area (Å²) in [4.78, 5) is 22.8. The van der Waals surface area contributed by atoms with Gasteiger partial charge >= 0.3 is 0 Å². The Balaban J connectivity index is 2.48. The highest BCUT2D eigenvalue weighted by Gasteiger charge is 2.28. The standard InChI is InChI=1S/C8H14N2O3/c1-9-5-3-2-4-7(9)8(11)6-10(12)13/h7H,2-6H2,1H3/t7-/m0/s1. The average Bonchev–Trinajstić information content (AvgIpc) is 2.03.